The highest BCUT2D eigenvalue weighted by atomic mass is 32.2. The fourth-order valence-electron chi connectivity index (χ4n) is 3.33. The SMILES string of the molecule is C[C@@H](NS(=O)(=O)CC/C=C/CC1CCC(=O)NC1=O)c1cccc(OCC2CC2)c1. The highest BCUT2D eigenvalue weighted by Gasteiger charge is 2.25. The zero-order valence-corrected chi connectivity index (χ0v) is 18.1. The Bertz CT molecular complexity index is 893. The first kappa shape index (κ1) is 22.5. The number of rotatable bonds is 11. The molecule has 0 spiro atoms. The predicted molar refractivity (Wildman–Crippen MR) is 114 cm³/mol. The summed E-state index contributed by atoms with van der Waals surface area (Å²) in [7, 11) is -3.45. The van der Waals surface area contributed by atoms with Crippen molar-refractivity contribution in [3.8, 4) is 5.75 Å². The van der Waals surface area contributed by atoms with Crippen LogP contribution in [-0.4, -0.2) is 32.6 Å². The van der Waals surface area contributed by atoms with E-state index in [-0.39, 0.29) is 29.5 Å². The van der Waals surface area contributed by atoms with E-state index in [0.29, 0.717) is 38.2 Å². The summed E-state index contributed by atoms with van der Waals surface area (Å²) >= 11 is 0. The van der Waals surface area contributed by atoms with E-state index >= 15 is 0 Å². The number of amides is 2. The number of hydrogen-bond acceptors (Lipinski definition) is 5. The summed E-state index contributed by atoms with van der Waals surface area (Å²) in [5, 5.41) is 2.33. The number of nitrogens with one attached hydrogen (secondary N) is 2. The van der Waals surface area contributed by atoms with Gasteiger partial charge in [-0.15, -0.1) is 0 Å². The van der Waals surface area contributed by atoms with Crippen LogP contribution in [0.5, 0.6) is 5.75 Å². The molecule has 1 aromatic carbocycles. The molecule has 2 aliphatic rings. The molecule has 2 N–H and O–H groups in total. The molecule has 2 amide bonds. The summed E-state index contributed by atoms with van der Waals surface area (Å²) < 4.78 is 33.3. The Balaban J connectivity index is 1.42. The predicted octanol–water partition coefficient (Wildman–Crippen LogP) is 2.85. The van der Waals surface area contributed by atoms with Crippen LogP contribution in [0.4, 0.5) is 0 Å². The summed E-state index contributed by atoms with van der Waals surface area (Å²) in [4.78, 5) is 22.9. The number of hydrogen-bond donors (Lipinski definition) is 2. The standard InChI is InChI=1S/C22H30N2O5S/c1-16(19-7-5-8-20(14-19)29-15-17-9-10-17)24-30(27,28)13-4-2-3-6-18-11-12-21(25)23-22(18)26/h2-3,5,7-8,14,16-18,24H,4,6,9-13,15H2,1H3,(H,23,25,26)/b3-2+/t16-,18?/m1/s1. The largest absolute Gasteiger partial charge is 0.493 e. The minimum absolute atomic E-state index is 0.0267. The third-order valence-electron chi connectivity index (χ3n) is 5.39. The fraction of sp³-hybridized carbons (Fsp3) is 0.545. The number of imide groups is 1. The topological polar surface area (TPSA) is 102 Å². The molecule has 2 fully saturated rings. The van der Waals surface area contributed by atoms with Gasteiger partial charge in [0.15, 0.2) is 0 Å². The molecule has 1 unspecified atom stereocenters. The lowest BCUT2D eigenvalue weighted by Gasteiger charge is -2.19. The molecule has 1 saturated heterocycles. The van der Waals surface area contributed by atoms with Gasteiger partial charge in [0.05, 0.1) is 12.4 Å². The fourth-order valence-corrected chi connectivity index (χ4v) is 4.57. The van der Waals surface area contributed by atoms with Crippen molar-refractivity contribution >= 4 is 21.8 Å². The summed E-state index contributed by atoms with van der Waals surface area (Å²) in [6.45, 7) is 2.53. The van der Waals surface area contributed by atoms with Crippen LogP contribution in [0, 0.1) is 11.8 Å². The first-order valence-corrected chi connectivity index (χ1v) is 12.2. The van der Waals surface area contributed by atoms with Gasteiger partial charge in [-0.2, -0.15) is 0 Å². The molecule has 0 bridgehead atoms. The molecule has 7 nitrogen and oxygen atoms in total. The summed E-state index contributed by atoms with van der Waals surface area (Å²) in [5.74, 6) is 0.701. The van der Waals surface area contributed by atoms with E-state index in [0.717, 1.165) is 11.3 Å². The number of benzene rings is 1. The zero-order chi connectivity index (χ0) is 21.6. The highest BCUT2D eigenvalue weighted by molar-refractivity contribution is 7.89. The Morgan fingerprint density at radius 1 is 1.23 bits per heavy atom. The Labute approximate surface area is 178 Å². The number of allylic oxidation sites excluding steroid dienone is 2. The normalized spacial score (nSPS) is 20.9. The first-order valence-electron chi connectivity index (χ1n) is 10.5. The number of carbonyl (C=O) groups is 2. The minimum Gasteiger partial charge on any atom is -0.493 e. The molecule has 30 heavy (non-hydrogen) atoms. The molecule has 0 radical (unpaired) electrons. The van der Waals surface area contributed by atoms with Gasteiger partial charge in [0.1, 0.15) is 5.75 Å². The molecule has 8 heteroatoms. The highest BCUT2D eigenvalue weighted by Crippen LogP contribution is 2.30. The smallest absolute Gasteiger partial charge is 0.229 e. The van der Waals surface area contributed by atoms with Crippen LogP contribution in [0.1, 0.15) is 57.1 Å². The molecule has 3 rings (SSSR count). The third kappa shape index (κ3) is 7.25. The lowest BCUT2D eigenvalue weighted by atomic mass is 9.95. The van der Waals surface area contributed by atoms with E-state index in [1.807, 2.05) is 37.3 Å². The van der Waals surface area contributed by atoms with Crippen molar-refractivity contribution in [2.45, 2.75) is 51.5 Å². The third-order valence-corrected chi connectivity index (χ3v) is 6.88. The lowest BCUT2D eigenvalue weighted by molar-refractivity contribution is -0.136. The number of piperidine rings is 1. The van der Waals surface area contributed by atoms with E-state index in [1.165, 1.54) is 12.8 Å². The van der Waals surface area contributed by atoms with Crippen LogP contribution >= 0.6 is 0 Å². The van der Waals surface area contributed by atoms with Gasteiger partial charge in [0.2, 0.25) is 21.8 Å². The second kappa shape index (κ2) is 10.2. The second-order valence-electron chi connectivity index (χ2n) is 8.13. The van der Waals surface area contributed by atoms with Gasteiger partial charge in [-0.05, 0) is 62.6 Å². The van der Waals surface area contributed by atoms with E-state index in [9.17, 15) is 18.0 Å². The lowest BCUT2D eigenvalue weighted by Crippen LogP contribution is -2.40. The minimum atomic E-state index is -3.45. The summed E-state index contributed by atoms with van der Waals surface area (Å²) in [5.41, 5.74) is 0.861. The molecular weight excluding hydrogens is 404 g/mol. The van der Waals surface area contributed by atoms with E-state index < -0.39 is 10.0 Å². The van der Waals surface area contributed by atoms with Crippen molar-refractivity contribution in [1.29, 1.82) is 0 Å². The van der Waals surface area contributed by atoms with E-state index in [4.69, 9.17) is 4.74 Å². The van der Waals surface area contributed by atoms with E-state index in [1.54, 1.807) is 6.08 Å². The van der Waals surface area contributed by atoms with Gasteiger partial charge in [-0.3, -0.25) is 14.9 Å². The van der Waals surface area contributed by atoms with Crippen molar-refractivity contribution in [2.24, 2.45) is 11.8 Å². The molecule has 1 aliphatic carbocycles. The van der Waals surface area contributed by atoms with Crippen LogP contribution in [0.25, 0.3) is 0 Å². The summed E-state index contributed by atoms with van der Waals surface area (Å²) in [6, 6.07) is 7.18. The Morgan fingerprint density at radius 3 is 2.77 bits per heavy atom. The molecule has 1 aliphatic heterocycles. The molecule has 1 heterocycles. The van der Waals surface area contributed by atoms with Crippen LogP contribution in [0.3, 0.4) is 0 Å². The van der Waals surface area contributed by atoms with Crippen LogP contribution < -0.4 is 14.8 Å². The molecule has 1 aromatic rings. The van der Waals surface area contributed by atoms with Crippen molar-refractivity contribution < 1.29 is 22.7 Å². The maximum atomic E-state index is 12.4. The van der Waals surface area contributed by atoms with Crippen LogP contribution in [-0.2, 0) is 19.6 Å². The van der Waals surface area contributed by atoms with Gasteiger partial charge in [-0.1, -0.05) is 24.3 Å². The zero-order valence-electron chi connectivity index (χ0n) is 17.3. The average Bonchev–Trinajstić information content (AvgIpc) is 3.52. The Hall–Kier alpha value is -2.19. The number of sulfonamides is 1. The van der Waals surface area contributed by atoms with Crippen molar-refractivity contribution in [1.82, 2.24) is 10.0 Å². The van der Waals surface area contributed by atoms with Gasteiger partial charge in [0.25, 0.3) is 0 Å². The average molecular weight is 435 g/mol. The molecule has 0 aromatic heterocycles. The maximum Gasteiger partial charge on any atom is 0.229 e. The maximum absolute atomic E-state index is 12.4. The molecule has 164 valence electrons. The molecule has 2 atom stereocenters. The molecule has 1 saturated carbocycles. The number of carbonyl (C=O) groups excluding carboxylic acids is 2. The van der Waals surface area contributed by atoms with Crippen molar-refractivity contribution in [3.63, 3.8) is 0 Å². The number of ether oxygens (including phenoxy) is 1. The second-order valence-corrected chi connectivity index (χ2v) is 10.0. The summed E-state index contributed by atoms with van der Waals surface area (Å²) in [6.07, 6.45) is 7.80. The quantitative estimate of drug-likeness (QED) is 0.412. The van der Waals surface area contributed by atoms with Gasteiger partial charge < -0.3 is 4.74 Å². The monoisotopic (exact) mass is 434 g/mol. The van der Waals surface area contributed by atoms with Crippen LogP contribution in [0.15, 0.2) is 36.4 Å². The van der Waals surface area contributed by atoms with Crippen LogP contribution in [0.2, 0.25) is 0 Å². The van der Waals surface area contributed by atoms with E-state index in [2.05, 4.69) is 10.0 Å². The van der Waals surface area contributed by atoms with Crippen molar-refractivity contribution in [3.05, 3.63) is 42.0 Å². The van der Waals surface area contributed by atoms with Gasteiger partial charge in [0, 0.05) is 18.4 Å². The Kier molecular flexibility index (Phi) is 7.66. The van der Waals surface area contributed by atoms with Gasteiger partial charge in [-0.25, -0.2) is 13.1 Å². The van der Waals surface area contributed by atoms with Gasteiger partial charge >= 0.3 is 0 Å². The Morgan fingerprint density at radius 2 is 2.03 bits per heavy atom. The van der Waals surface area contributed by atoms with Crippen molar-refractivity contribution in [2.75, 3.05) is 12.4 Å². The first-order chi connectivity index (χ1) is 14.3. The molecular formula is C22H30N2O5S.